The van der Waals surface area contributed by atoms with Crippen LogP contribution in [0.1, 0.15) is 10.4 Å². The zero-order valence-electron chi connectivity index (χ0n) is 13.3. The van der Waals surface area contributed by atoms with Crippen LogP contribution in [0.4, 0.5) is 17.1 Å². The number of anilines is 2. The normalized spacial score (nSPS) is 14.4. The van der Waals surface area contributed by atoms with Crippen LogP contribution in [0.5, 0.6) is 0 Å². The Morgan fingerprint density at radius 3 is 2.20 bits per heavy atom. The van der Waals surface area contributed by atoms with Crippen LogP contribution in [0.25, 0.3) is 0 Å². The smallest absolute Gasteiger partial charge is 0.338 e. The Bertz CT molecular complexity index is 802. The predicted molar refractivity (Wildman–Crippen MR) is 95.9 cm³/mol. The van der Waals surface area contributed by atoms with E-state index in [9.17, 15) is 20.0 Å². The minimum Gasteiger partial charge on any atom is -0.478 e. The van der Waals surface area contributed by atoms with E-state index < -0.39 is 10.9 Å². The number of rotatable bonds is 4. The van der Waals surface area contributed by atoms with Gasteiger partial charge in [0.15, 0.2) is 0 Å². The van der Waals surface area contributed by atoms with E-state index in [1.165, 1.54) is 12.1 Å². The number of piperazine rings is 1. The first-order chi connectivity index (χ1) is 12.0. The Hall–Kier alpha value is -2.80. The largest absolute Gasteiger partial charge is 0.478 e. The van der Waals surface area contributed by atoms with Gasteiger partial charge in [0.2, 0.25) is 0 Å². The van der Waals surface area contributed by atoms with Gasteiger partial charge in [0.1, 0.15) is 0 Å². The van der Waals surface area contributed by atoms with Gasteiger partial charge in [-0.05, 0) is 30.3 Å². The van der Waals surface area contributed by atoms with Crippen LogP contribution in [0.2, 0.25) is 5.02 Å². The zero-order chi connectivity index (χ0) is 18.0. The van der Waals surface area contributed by atoms with E-state index in [2.05, 4.69) is 4.90 Å². The maximum Gasteiger partial charge on any atom is 0.338 e. The molecule has 1 saturated heterocycles. The number of hydrogen-bond acceptors (Lipinski definition) is 5. The third kappa shape index (κ3) is 3.66. The van der Waals surface area contributed by atoms with Crippen molar-refractivity contribution in [1.29, 1.82) is 0 Å². The summed E-state index contributed by atoms with van der Waals surface area (Å²) in [5.74, 6) is -1.17. The minimum atomic E-state index is -1.17. The fourth-order valence-electron chi connectivity index (χ4n) is 2.94. The molecule has 8 heteroatoms. The number of non-ortho nitro benzene ring substituents is 1. The Morgan fingerprint density at radius 1 is 1.04 bits per heavy atom. The summed E-state index contributed by atoms with van der Waals surface area (Å²) in [6.45, 7) is 2.69. The second-order valence-corrected chi connectivity index (χ2v) is 6.15. The van der Waals surface area contributed by atoms with Gasteiger partial charge >= 0.3 is 5.97 Å². The van der Waals surface area contributed by atoms with E-state index in [1.807, 2.05) is 29.2 Å². The Morgan fingerprint density at radius 2 is 1.64 bits per heavy atom. The lowest BCUT2D eigenvalue weighted by atomic mass is 10.1. The highest BCUT2D eigenvalue weighted by Crippen LogP contribution is 2.28. The molecule has 25 heavy (non-hydrogen) atoms. The first-order valence-electron chi connectivity index (χ1n) is 7.73. The maximum absolute atomic E-state index is 11.5. The molecule has 1 aliphatic rings. The van der Waals surface area contributed by atoms with E-state index in [0.717, 1.165) is 24.8 Å². The summed E-state index contributed by atoms with van der Waals surface area (Å²) in [4.78, 5) is 25.9. The molecule has 0 unspecified atom stereocenters. The molecule has 0 aromatic heterocycles. The van der Waals surface area contributed by atoms with Gasteiger partial charge in [-0.25, -0.2) is 4.79 Å². The summed E-state index contributed by atoms with van der Waals surface area (Å²) in [5.41, 5.74) is 1.30. The van der Waals surface area contributed by atoms with Crippen LogP contribution in [-0.2, 0) is 0 Å². The van der Waals surface area contributed by atoms with Crippen LogP contribution in [0, 0.1) is 10.1 Å². The maximum atomic E-state index is 11.5. The molecule has 130 valence electrons. The molecule has 0 atom stereocenters. The van der Waals surface area contributed by atoms with Crippen LogP contribution < -0.4 is 9.80 Å². The summed E-state index contributed by atoms with van der Waals surface area (Å²) in [5, 5.41) is 20.9. The Labute approximate surface area is 149 Å². The van der Waals surface area contributed by atoms with Crippen molar-refractivity contribution in [1.82, 2.24) is 0 Å². The first kappa shape index (κ1) is 17.0. The van der Waals surface area contributed by atoms with Gasteiger partial charge in [-0.15, -0.1) is 0 Å². The fourth-order valence-corrected chi connectivity index (χ4v) is 3.07. The lowest BCUT2D eigenvalue weighted by molar-refractivity contribution is -0.384. The van der Waals surface area contributed by atoms with Crippen molar-refractivity contribution >= 4 is 34.6 Å². The molecule has 0 spiro atoms. The Kier molecular flexibility index (Phi) is 4.76. The first-order valence-corrected chi connectivity index (χ1v) is 8.10. The number of halogens is 1. The van der Waals surface area contributed by atoms with Crippen molar-refractivity contribution in [3.63, 3.8) is 0 Å². The number of carboxylic acid groups (broad SMARTS) is 1. The molecule has 0 radical (unpaired) electrons. The van der Waals surface area contributed by atoms with Crippen molar-refractivity contribution < 1.29 is 14.8 Å². The lowest BCUT2D eigenvalue weighted by Gasteiger charge is -2.37. The van der Waals surface area contributed by atoms with Crippen molar-refractivity contribution in [2.75, 3.05) is 36.0 Å². The van der Waals surface area contributed by atoms with Gasteiger partial charge in [-0.1, -0.05) is 11.6 Å². The molecule has 2 aromatic rings. The van der Waals surface area contributed by atoms with Gasteiger partial charge in [-0.2, -0.15) is 0 Å². The van der Waals surface area contributed by atoms with Gasteiger partial charge in [-0.3, -0.25) is 10.1 Å². The van der Waals surface area contributed by atoms with E-state index in [0.29, 0.717) is 23.8 Å². The molecule has 1 fully saturated rings. The number of carbonyl (C=O) groups is 1. The zero-order valence-corrected chi connectivity index (χ0v) is 14.0. The highest BCUT2D eigenvalue weighted by atomic mass is 35.5. The predicted octanol–water partition coefficient (Wildman–Crippen LogP) is 3.27. The summed E-state index contributed by atoms with van der Waals surface area (Å²) in [7, 11) is 0. The SMILES string of the molecule is O=C(O)c1cc([N+](=O)[O-])ccc1N1CCN(c2ccc(Cl)cc2)CC1. The van der Waals surface area contributed by atoms with Crippen LogP contribution in [-0.4, -0.2) is 42.2 Å². The minimum absolute atomic E-state index is 0.0471. The summed E-state index contributed by atoms with van der Waals surface area (Å²) < 4.78 is 0. The molecule has 1 N–H and O–H groups in total. The number of aromatic carboxylic acids is 1. The quantitative estimate of drug-likeness (QED) is 0.664. The highest BCUT2D eigenvalue weighted by Gasteiger charge is 2.23. The molecular weight excluding hydrogens is 346 g/mol. The van der Waals surface area contributed by atoms with Crippen molar-refractivity contribution in [2.24, 2.45) is 0 Å². The van der Waals surface area contributed by atoms with Crippen molar-refractivity contribution in [3.8, 4) is 0 Å². The van der Waals surface area contributed by atoms with Crippen molar-refractivity contribution in [3.05, 3.63) is 63.2 Å². The van der Waals surface area contributed by atoms with Crippen molar-refractivity contribution in [2.45, 2.75) is 0 Å². The Balaban J connectivity index is 1.77. The van der Waals surface area contributed by atoms with Crippen LogP contribution in [0.15, 0.2) is 42.5 Å². The molecule has 3 rings (SSSR count). The van der Waals surface area contributed by atoms with Gasteiger partial charge in [0.05, 0.1) is 16.2 Å². The average molecular weight is 362 g/mol. The number of nitro benzene ring substituents is 1. The lowest BCUT2D eigenvalue weighted by Crippen LogP contribution is -2.47. The number of nitrogens with zero attached hydrogens (tertiary/aromatic N) is 3. The molecule has 0 bridgehead atoms. The van der Waals surface area contributed by atoms with Gasteiger partial charge in [0.25, 0.3) is 5.69 Å². The summed E-state index contributed by atoms with van der Waals surface area (Å²) >= 11 is 5.91. The van der Waals surface area contributed by atoms with Gasteiger partial charge in [0, 0.05) is 49.0 Å². The van der Waals surface area contributed by atoms with E-state index >= 15 is 0 Å². The monoisotopic (exact) mass is 361 g/mol. The molecule has 2 aromatic carbocycles. The number of nitro groups is 1. The van der Waals surface area contributed by atoms with Crippen LogP contribution >= 0.6 is 11.6 Å². The number of hydrogen-bond donors (Lipinski definition) is 1. The standard InChI is InChI=1S/C17H16ClN3O4/c18-12-1-3-13(4-2-12)19-7-9-20(10-8-19)16-6-5-14(21(24)25)11-15(16)17(22)23/h1-6,11H,7-10H2,(H,22,23). The fraction of sp³-hybridized carbons (Fsp3) is 0.235. The van der Waals surface area contributed by atoms with Gasteiger partial charge < -0.3 is 14.9 Å². The molecule has 1 heterocycles. The molecule has 0 aliphatic carbocycles. The van der Waals surface area contributed by atoms with E-state index in [-0.39, 0.29) is 11.3 Å². The summed E-state index contributed by atoms with van der Waals surface area (Å²) in [6.07, 6.45) is 0. The summed E-state index contributed by atoms with van der Waals surface area (Å²) in [6, 6.07) is 11.5. The third-order valence-electron chi connectivity index (χ3n) is 4.23. The second-order valence-electron chi connectivity index (χ2n) is 5.71. The molecule has 0 saturated carbocycles. The highest BCUT2D eigenvalue weighted by molar-refractivity contribution is 6.30. The number of benzene rings is 2. The third-order valence-corrected chi connectivity index (χ3v) is 4.49. The molecule has 0 amide bonds. The van der Waals surface area contributed by atoms with E-state index in [4.69, 9.17) is 11.6 Å². The molecule has 7 nitrogen and oxygen atoms in total. The number of carboxylic acids is 1. The topological polar surface area (TPSA) is 86.9 Å². The van der Waals surface area contributed by atoms with E-state index in [1.54, 1.807) is 0 Å². The second kappa shape index (κ2) is 6.98. The van der Waals surface area contributed by atoms with Crippen LogP contribution in [0.3, 0.4) is 0 Å². The molecule has 1 aliphatic heterocycles. The molecular formula is C17H16ClN3O4. The average Bonchev–Trinajstić information content (AvgIpc) is 2.62.